The Morgan fingerprint density at radius 1 is 0.909 bits per heavy atom. The molecule has 0 atom stereocenters. The summed E-state index contributed by atoms with van der Waals surface area (Å²) >= 11 is 0. The van der Waals surface area contributed by atoms with Crippen molar-refractivity contribution in [3.05, 3.63) is 48.2 Å². The molecule has 4 heterocycles. The molecule has 2 aliphatic heterocycles. The van der Waals surface area contributed by atoms with Gasteiger partial charge in [0.2, 0.25) is 10.0 Å². The van der Waals surface area contributed by atoms with Crippen molar-refractivity contribution in [1.29, 1.82) is 0 Å². The van der Waals surface area contributed by atoms with Gasteiger partial charge >= 0.3 is 6.01 Å². The first-order chi connectivity index (χ1) is 21.0. The monoisotopic (exact) mass is 622 g/mol. The number of aryl methyl sites for hydroxylation is 1. The number of nitrogens with zero attached hydrogens (tertiary/aromatic N) is 6. The summed E-state index contributed by atoms with van der Waals surface area (Å²) in [6.07, 6.45) is 6.24. The molecule has 3 N–H and O–H groups in total. The second-order valence-corrected chi connectivity index (χ2v) is 14.9. The topological polar surface area (TPSA) is 137 Å². The molecule has 0 radical (unpaired) electrons. The van der Waals surface area contributed by atoms with Crippen molar-refractivity contribution in [1.82, 2.24) is 28.5 Å². The first-order valence-corrected chi connectivity index (χ1v) is 17.0. The molecule has 44 heavy (non-hydrogen) atoms. The molecule has 0 aliphatic carbocycles. The lowest BCUT2D eigenvalue weighted by Gasteiger charge is -2.36. The summed E-state index contributed by atoms with van der Waals surface area (Å²) in [6.45, 7) is 7.62. The Kier molecular flexibility index (Phi) is 8.33. The van der Waals surface area contributed by atoms with Gasteiger partial charge in [0, 0.05) is 42.8 Å². The molecule has 0 spiro atoms. The van der Waals surface area contributed by atoms with Gasteiger partial charge in [0.15, 0.2) is 5.82 Å². The first-order valence-electron chi connectivity index (χ1n) is 15.5. The van der Waals surface area contributed by atoms with Gasteiger partial charge in [-0.25, -0.2) is 17.3 Å². The zero-order chi connectivity index (χ0) is 31.2. The van der Waals surface area contributed by atoms with Crippen molar-refractivity contribution in [2.45, 2.75) is 63.7 Å². The SMILES string of the molecule is CC(C)c1cc(-c2nnc(O)n2-c2ccc3c(ccn3CCC3CCN(S(=O)(=O)C4CCN(C)CC4)CC3)c2)c(O)cc1O. The largest absolute Gasteiger partial charge is 0.508 e. The second kappa shape index (κ2) is 12.1. The van der Waals surface area contributed by atoms with E-state index >= 15 is 0 Å². The van der Waals surface area contributed by atoms with Crippen LogP contribution in [-0.4, -0.2) is 90.8 Å². The van der Waals surface area contributed by atoms with Crippen molar-refractivity contribution >= 4 is 20.9 Å². The number of rotatable bonds is 8. The molecular formula is C32H42N6O5S. The number of phenols is 2. The predicted octanol–water partition coefficient (Wildman–Crippen LogP) is 4.66. The maximum Gasteiger partial charge on any atom is 0.319 e. The standard InChI is InChI=1S/C32H42N6O5S/c1-21(2)26-19-27(30(40)20-29(26)39)31-33-34-32(41)38(31)24-4-5-28-23(18-24)9-15-36(28)14-6-22-7-16-37(17-8-22)44(42,43)25-10-12-35(3)13-11-25/h4-5,9,15,18-22,25,39-40H,6-8,10-14,16-17H2,1-3H3,(H,34,41). The van der Waals surface area contributed by atoms with Crippen LogP contribution in [0, 0.1) is 5.92 Å². The lowest BCUT2D eigenvalue weighted by molar-refractivity contribution is 0.243. The summed E-state index contributed by atoms with van der Waals surface area (Å²) in [5.74, 6) is 0.603. The third kappa shape index (κ3) is 5.78. The van der Waals surface area contributed by atoms with Gasteiger partial charge in [-0.2, -0.15) is 0 Å². The predicted molar refractivity (Wildman–Crippen MR) is 170 cm³/mol. The van der Waals surface area contributed by atoms with Crippen LogP contribution in [0.3, 0.4) is 0 Å². The molecule has 0 amide bonds. The highest BCUT2D eigenvalue weighted by Crippen LogP contribution is 2.39. The van der Waals surface area contributed by atoms with Gasteiger partial charge in [0.25, 0.3) is 0 Å². The molecule has 236 valence electrons. The number of benzene rings is 2. The zero-order valence-electron chi connectivity index (χ0n) is 25.6. The minimum absolute atomic E-state index is 0.00235. The fourth-order valence-corrected chi connectivity index (χ4v) is 8.66. The van der Waals surface area contributed by atoms with Gasteiger partial charge < -0.3 is 24.8 Å². The average Bonchev–Trinajstić information content (AvgIpc) is 3.59. The van der Waals surface area contributed by atoms with Crippen LogP contribution in [0.2, 0.25) is 0 Å². The Hall–Kier alpha value is -3.61. The number of hydrogen-bond acceptors (Lipinski definition) is 8. The summed E-state index contributed by atoms with van der Waals surface area (Å²) in [5.41, 5.74) is 2.72. The highest BCUT2D eigenvalue weighted by Gasteiger charge is 2.36. The lowest BCUT2D eigenvalue weighted by Crippen LogP contribution is -2.47. The summed E-state index contributed by atoms with van der Waals surface area (Å²) < 4.78 is 31.9. The van der Waals surface area contributed by atoms with Gasteiger partial charge in [0.05, 0.1) is 16.5 Å². The second-order valence-electron chi connectivity index (χ2n) is 12.7. The summed E-state index contributed by atoms with van der Waals surface area (Å²) in [4.78, 5) is 2.20. The minimum atomic E-state index is -3.23. The Bertz CT molecular complexity index is 1750. The quantitative estimate of drug-likeness (QED) is 0.258. The van der Waals surface area contributed by atoms with Crippen molar-refractivity contribution in [2.75, 3.05) is 33.2 Å². The van der Waals surface area contributed by atoms with E-state index < -0.39 is 10.0 Å². The van der Waals surface area contributed by atoms with Crippen LogP contribution < -0.4 is 0 Å². The molecule has 2 saturated heterocycles. The van der Waals surface area contributed by atoms with Gasteiger partial charge in [-0.05, 0) is 100.0 Å². The van der Waals surface area contributed by atoms with Crippen LogP contribution in [0.25, 0.3) is 28.0 Å². The number of likely N-dealkylation sites (tertiary alicyclic amines) is 1. The van der Waals surface area contributed by atoms with Crippen molar-refractivity contribution in [3.8, 4) is 34.6 Å². The van der Waals surface area contributed by atoms with Gasteiger partial charge in [-0.15, -0.1) is 5.10 Å². The van der Waals surface area contributed by atoms with E-state index in [1.165, 1.54) is 10.6 Å². The molecule has 2 aliphatic rings. The number of sulfonamides is 1. The van der Waals surface area contributed by atoms with Crippen LogP contribution in [-0.2, 0) is 16.6 Å². The highest BCUT2D eigenvalue weighted by molar-refractivity contribution is 7.89. The molecular weight excluding hydrogens is 580 g/mol. The third-order valence-electron chi connectivity index (χ3n) is 9.47. The van der Waals surface area contributed by atoms with Gasteiger partial charge in [-0.3, -0.25) is 0 Å². The summed E-state index contributed by atoms with van der Waals surface area (Å²) in [6, 6.07) is 10.5. The number of aromatic hydroxyl groups is 3. The average molecular weight is 623 g/mol. The summed E-state index contributed by atoms with van der Waals surface area (Å²) in [7, 11) is -1.18. The normalized spacial score (nSPS) is 18.1. The lowest BCUT2D eigenvalue weighted by atomic mass is 9.95. The first kappa shape index (κ1) is 30.4. The minimum Gasteiger partial charge on any atom is -0.508 e. The van der Waals surface area contributed by atoms with E-state index in [0.717, 1.165) is 62.6 Å². The van der Waals surface area contributed by atoms with E-state index in [-0.39, 0.29) is 34.5 Å². The Morgan fingerprint density at radius 2 is 1.64 bits per heavy atom. The van der Waals surface area contributed by atoms with Crippen molar-refractivity contribution in [3.63, 3.8) is 0 Å². The molecule has 6 rings (SSSR count). The molecule has 2 aromatic heterocycles. The molecule has 0 unspecified atom stereocenters. The molecule has 4 aromatic rings. The smallest absolute Gasteiger partial charge is 0.319 e. The third-order valence-corrected chi connectivity index (χ3v) is 11.9. The fourth-order valence-electron chi connectivity index (χ4n) is 6.71. The fraction of sp³-hybridized carbons (Fsp3) is 0.500. The Morgan fingerprint density at radius 3 is 2.34 bits per heavy atom. The molecule has 0 bridgehead atoms. The van der Waals surface area contributed by atoms with E-state index in [2.05, 4.69) is 25.9 Å². The molecule has 2 fully saturated rings. The van der Waals surface area contributed by atoms with Crippen LogP contribution in [0.15, 0.2) is 42.6 Å². The van der Waals surface area contributed by atoms with Gasteiger partial charge in [-0.1, -0.05) is 18.9 Å². The number of aromatic nitrogens is 4. The van der Waals surface area contributed by atoms with E-state index in [9.17, 15) is 23.7 Å². The van der Waals surface area contributed by atoms with Crippen LogP contribution >= 0.6 is 0 Å². The molecule has 0 saturated carbocycles. The highest BCUT2D eigenvalue weighted by atomic mass is 32.2. The van der Waals surface area contributed by atoms with E-state index in [1.807, 2.05) is 45.2 Å². The molecule has 12 heteroatoms. The van der Waals surface area contributed by atoms with Crippen molar-refractivity contribution in [2.24, 2.45) is 5.92 Å². The zero-order valence-corrected chi connectivity index (χ0v) is 26.4. The maximum absolute atomic E-state index is 13.2. The van der Waals surface area contributed by atoms with Crippen molar-refractivity contribution < 1.29 is 23.7 Å². The summed E-state index contributed by atoms with van der Waals surface area (Å²) in [5, 5.41) is 40.3. The maximum atomic E-state index is 13.2. The van der Waals surface area contributed by atoms with E-state index in [0.29, 0.717) is 35.8 Å². The van der Waals surface area contributed by atoms with Crippen LogP contribution in [0.4, 0.5) is 0 Å². The Labute approximate surface area is 258 Å². The van der Waals surface area contributed by atoms with E-state index in [4.69, 9.17) is 0 Å². The Balaban J connectivity index is 1.14. The number of piperidine rings is 2. The van der Waals surface area contributed by atoms with Crippen LogP contribution in [0.1, 0.15) is 57.4 Å². The van der Waals surface area contributed by atoms with E-state index in [1.54, 1.807) is 10.4 Å². The molecule has 2 aromatic carbocycles. The molecule has 11 nitrogen and oxygen atoms in total. The number of fused-ring (bicyclic) bond motifs is 1. The number of hydrogen-bond donors (Lipinski definition) is 3. The van der Waals surface area contributed by atoms with Crippen LogP contribution in [0.5, 0.6) is 17.5 Å². The number of phenolic OH excluding ortho intramolecular Hbond substituents is 2. The van der Waals surface area contributed by atoms with Gasteiger partial charge in [0.1, 0.15) is 11.5 Å².